The van der Waals surface area contributed by atoms with Gasteiger partial charge in [0, 0.05) is 48.4 Å². The number of aliphatic hydroxyl groups is 1. The van der Waals surface area contributed by atoms with E-state index in [1.807, 2.05) is 114 Å². The van der Waals surface area contributed by atoms with Gasteiger partial charge in [0.15, 0.2) is 5.78 Å². The van der Waals surface area contributed by atoms with Crippen molar-refractivity contribution in [2.45, 2.75) is 41.5 Å². The average Bonchev–Trinajstić information content (AvgIpc) is 3.88. The molecule has 1 radical (unpaired) electrons. The SMILES string of the molecule is CC(C)(C)C(=O)C=C(O)C(C)(C)C.[Ir].[c-]1c(-n2nc3ccccc3n2)c2ccccc2c2ccccc12.[c-]1c(-n2nc3ccccc3n2)c2ccccc2c2ccccc12. The number of allylic oxidation sites excluding steroid dienone is 2. The van der Waals surface area contributed by atoms with Crippen molar-refractivity contribution in [3.8, 4) is 11.4 Å². The topological polar surface area (TPSA) is 98.7 Å². The van der Waals surface area contributed by atoms with E-state index in [2.05, 4.69) is 105 Å². The largest absolute Gasteiger partial charge is 0.512 e. The van der Waals surface area contributed by atoms with Crippen LogP contribution in [0.25, 0.3) is 76.5 Å². The van der Waals surface area contributed by atoms with Crippen LogP contribution in [0.4, 0.5) is 0 Å². The van der Waals surface area contributed by atoms with E-state index in [0.717, 1.165) is 55.0 Å². The van der Waals surface area contributed by atoms with Crippen LogP contribution in [0.15, 0.2) is 157 Å². The van der Waals surface area contributed by atoms with Gasteiger partial charge >= 0.3 is 0 Å². The Morgan fingerprint density at radius 2 is 0.767 bits per heavy atom. The van der Waals surface area contributed by atoms with E-state index in [9.17, 15) is 9.90 Å². The van der Waals surface area contributed by atoms with Crippen molar-refractivity contribution in [1.82, 2.24) is 30.0 Å². The zero-order valence-electron chi connectivity index (χ0n) is 34.3. The zero-order chi connectivity index (χ0) is 41.3. The third-order valence-electron chi connectivity index (χ3n) is 10.1. The molecule has 301 valence electrons. The minimum Gasteiger partial charge on any atom is -0.512 e. The maximum atomic E-state index is 11.5. The number of carbonyl (C=O) groups excluding carboxylic acids is 1. The van der Waals surface area contributed by atoms with Crippen molar-refractivity contribution in [3.05, 3.63) is 170 Å². The van der Waals surface area contributed by atoms with Gasteiger partial charge in [-0.15, -0.1) is 78.3 Å². The molecule has 1 N–H and O–H groups in total. The van der Waals surface area contributed by atoms with Crippen molar-refractivity contribution in [2.24, 2.45) is 10.8 Å². The smallest absolute Gasteiger partial charge is 0.164 e. The number of fused-ring (bicyclic) bond motifs is 8. The number of benzene rings is 8. The number of ketones is 1. The van der Waals surface area contributed by atoms with Gasteiger partial charge in [0.1, 0.15) is 27.8 Å². The fraction of sp³-hybridized carbons (Fsp3) is 0.157. The van der Waals surface area contributed by atoms with Gasteiger partial charge < -0.3 is 5.11 Å². The van der Waals surface area contributed by atoms with Crippen LogP contribution in [-0.4, -0.2) is 40.9 Å². The van der Waals surface area contributed by atoms with Gasteiger partial charge in [0.2, 0.25) is 0 Å². The minimum absolute atomic E-state index is 0. The van der Waals surface area contributed by atoms with E-state index in [0.29, 0.717) is 0 Å². The summed E-state index contributed by atoms with van der Waals surface area (Å²) < 4.78 is 0. The molecule has 10 aromatic rings. The summed E-state index contributed by atoms with van der Waals surface area (Å²) >= 11 is 0. The molecule has 9 heteroatoms. The number of carbonyl (C=O) groups is 1. The third kappa shape index (κ3) is 8.60. The zero-order valence-corrected chi connectivity index (χ0v) is 36.7. The standard InChI is InChI=1S/2C20H12N3.C11H20O2.Ir/c2*1-2-8-15-14(7-1)13-20(17-10-4-3-9-16(15)17)23-21-18-11-5-6-12-19(18)22-23;1-10(2,3)8(12)7-9(13)11(4,5)6;/h2*1-12H;7,12H,1-6H3;/q2*-1;;. The van der Waals surface area contributed by atoms with Crippen molar-refractivity contribution < 1.29 is 30.0 Å². The predicted molar refractivity (Wildman–Crippen MR) is 240 cm³/mol. The summed E-state index contributed by atoms with van der Waals surface area (Å²) in [4.78, 5) is 14.9. The minimum atomic E-state index is -0.417. The number of hydrogen-bond acceptors (Lipinski definition) is 6. The molecule has 0 spiro atoms. The van der Waals surface area contributed by atoms with Crippen LogP contribution in [0.2, 0.25) is 0 Å². The molecule has 2 aromatic heterocycles. The van der Waals surface area contributed by atoms with Gasteiger partial charge in [-0.25, -0.2) is 0 Å². The molecule has 0 unspecified atom stereocenters. The van der Waals surface area contributed by atoms with Crippen LogP contribution in [0.3, 0.4) is 0 Å². The molecule has 0 bridgehead atoms. The van der Waals surface area contributed by atoms with Gasteiger partial charge in [-0.2, -0.15) is 9.59 Å². The summed E-state index contributed by atoms with van der Waals surface area (Å²) in [6, 6.07) is 56.0. The van der Waals surface area contributed by atoms with Crippen molar-refractivity contribution in [3.63, 3.8) is 0 Å². The molecule has 0 saturated heterocycles. The van der Waals surface area contributed by atoms with E-state index in [4.69, 9.17) is 0 Å². The predicted octanol–water partition coefficient (Wildman–Crippen LogP) is 12.1. The quantitative estimate of drug-likeness (QED) is 0.0820. The van der Waals surface area contributed by atoms with E-state index < -0.39 is 5.41 Å². The first-order valence-electron chi connectivity index (χ1n) is 19.6. The molecular weight excluding hydrogens is 921 g/mol. The fourth-order valence-electron chi connectivity index (χ4n) is 6.68. The van der Waals surface area contributed by atoms with Gasteiger partial charge in [-0.3, -0.25) is 4.79 Å². The summed E-state index contributed by atoms with van der Waals surface area (Å²) in [5.41, 5.74) is 4.55. The first-order valence-corrected chi connectivity index (χ1v) is 19.6. The Kier molecular flexibility index (Phi) is 11.8. The Morgan fingerprint density at radius 3 is 1.10 bits per heavy atom. The summed E-state index contributed by atoms with van der Waals surface area (Å²) in [6.45, 7) is 11.1. The molecule has 0 atom stereocenters. The van der Waals surface area contributed by atoms with Crippen LogP contribution < -0.4 is 0 Å². The molecule has 0 aliphatic carbocycles. The second-order valence-corrected chi connectivity index (χ2v) is 16.5. The maximum absolute atomic E-state index is 11.5. The maximum Gasteiger partial charge on any atom is 0.164 e. The molecule has 10 rings (SSSR count). The van der Waals surface area contributed by atoms with E-state index in [1.165, 1.54) is 27.6 Å². The Labute approximate surface area is 362 Å². The van der Waals surface area contributed by atoms with Crippen LogP contribution in [-0.2, 0) is 24.9 Å². The summed E-state index contributed by atoms with van der Waals surface area (Å²) in [5, 5.41) is 37.1. The summed E-state index contributed by atoms with van der Waals surface area (Å²) in [5.74, 6) is 0.104. The first-order chi connectivity index (χ1) is 28.3. The summed E-state index contributed by atoms with van der Waals surface area (Å²) in [7, 11) is 0. The van der Waals surface area contributed by atoms with Crippen LogP contribution >= 0.6 is 0 Å². The van der Waals surface area contributed by atoms with Gasteiger partial charge in [-0.05, 0) is 24.3 Å². The Hall–Kier alpha value is -6.54. The fourth-order valence-corrected chi connectivity index (χ4v) is 6.68. The number of aliphatic hydroxyl groups excluding tert-OH is 1. The third-order valence-corrected chi connectivity index (χ3v) is 10.1. The van der Waals surface area contributed by atoms with E-state index in [1.54, 1.807) is 9.59 Å². The Balaban J connectivity index is 0.000000141. The molecule has 8 aromatic carbocycles. The monoisotopic (exact) mass is 965 g/mol. The van der Waals surface area contributed by atoms with Crippen LogP contribution in [0, 0.1) is 23.0 Å². The second-order valence-electron chi connectivity index (χ2n) is 16.5. The number of nitrogens with zero attached hydrogens (tertiary/aromatic N) is 6. The van der Waals surface area contributed by atoms with Crippen LogP contribution in [0.1, 0.15) is 41.5 Å². The van der Waals surface area contributed by atoms with Crippen molar-refractivity contribution in [2.75, 3.05) is 0 Å². The first kappa shape index (κ1) is 41.6. The number of hydrogen-bond donors (Lipinski definition) is 1. The molecule has 60 heavy (non-hydrogen) atoms. The summed E-state index contributed by atoms with van der Waals surface area (Å²) in [6.07, 6.45) is 1.33. The molecule has 0 fully saturated rings. The Morgan fingerprint density at radius 1 is 0.467 bits per heavy atom. The van der Waals surface area contributed by atoms with Crippen molar-refractivity contribution in [1.29, 1.82) is 0 Å². The van der Waals surface area contributed by atoms with Crippen molar-refractivity contribution >= 4 is 70.9 Å². The van der Waals surface area contributed by atoms with Gasteiger partial charge in [-0.1, -0.05) is 160 Å². The number of aromatic nitrogens is 6. The molecule has 0 aliphatic rings. The molecule has 0 saturated carbocycles. The van der Waals surface area contributed by atoms with Gasteiger partial charge in [0.05, 0.1) is 0 Å². The van der Waals surface area contributed by atoms with E-state index >= 15 is 0 Å². The molecule has 0 aliphatic heterocycles. The Bertz CT molecular complexity index is 2930. The molecule has 8 nitrogen and oxygen atoms in total. The average molecular weight is 965 g/mol. The van der Waals surface area contributed by atoms with Crippen LogP contribution in [0.5, 0.6) is 0 Å². The van der Waals surface area contributed by atoms with Gasteiger partial charge in [0.25, 0.3) is 0 Å². The van der Waals surface area contributed by atoms with E-state index in [-0.39, 0.29) is 37.1 Å². The molecule has 0 amide bonds. The number of rotatable bonds is 3. The second kappa shape index (κ2) is 17.0. The molecular formula is C51H44IrN6O2-2. The molecule has 2 heterocycles. The normalized spacial score (nSPS) is 11.9.